The summed E-state index contributed by atoms with van der Waals surface area (Å²) in [4.78, 5) is 15.7. The largest absolute Gasteiger partial charge is 0.459 e. The summed E-state index contributed by atoms with van der Waals surface area (Å²) in [5, 5.41) is 4.81. The average molecular weight is 520 g/mol. The van der Waals surface area contributed by atoms with Crippen LogP contribution in [0.4, 0.5) is 5.00 Å². The molecule has 2 N–H and O–H groups in total. The van der Waals surface area contributed by atoms with Gasteiger partial charge in [-0.25, -0.2) is 0 Å². The summed E-state index contributed by atoms with van der Waals surface area (Å²) in [6.07, 6.45) is 5.04. The fourth-order valence-corrected chi connectivity index (χ4v) is 6.63. The van der Waals surface area contributed by atoms with Crippen LogP contribution in [0.25, 0.3) is 0 Å². The lowest BCUT2D eigenvalue weighted by atomic mass is 9.87. The Kier molecular flexibility index (Phi) is 7.61. The monoisotopic (exact) mass is 519 g/mol. The molecule has 1 amide bonds. The maximum Gasteiger partial charge on any atom is 0.291 e. The summed E-state index contributed by atoms with van der Waals surface area (Å²) in [6.45, 7) is 6.48. The van der Waals surface area contributed by atoms with E-state index in [1.54, 1.807) is 23.5 Å². The fourth-order valence-electron chi connectivity index (χ4n) is 5.41. The number of hydrogen-bond acceptors (Lipinski definition) is 3. The number of amides is 1. The van der Waals surface area contributed by atoms with Gasteiger partial charge in [0.25, 0.3) is 5.91 Å². The van der Waals surface area contributed by atoms with Crippen LogP contribution in [0.5, 0.6) is 0 Å². The molecule has 0 saturated carbocycles. The van der Waals surface area contributed by atoms with Gasteiger partial charge >= 0.3 is 0 Å². The third kappa shape index (κ3) is 5.44. The normalized spacial score (nSPS) is 18.6. The minimum Gasteiger partial charge on any atom is -0.459 e. The molecular weight excluding hydrogens is 488 g/mol. The topological polar surface area (TPSA) is 46.7 Å². The molecular formula is C30H32ClN2O2S+. The highest BCUT2D eigenvalue weighted by Gasteiger charge is 2.35. The number of furan rings is 1. The second-order valence-electron chi connectivity index (χ2n) is 9.73. The van der Waals surface area contributed by atoms with E-state index in [2.05, 4.69) is 61.6 Å². The third-order valence-corrected chi connectivity index (χ3v) is 8.81. The van der Waals surface area contributed by atoms with E-state index in [0.29, 0.717) is 11.7 Å². The van der Waals surface area contributed by atoms with E-state index in [0.717, 1.165) is 29.5 Å². The highest BCUT2D eigenvalue weighted by molar-refractivity contribution is 7.16. The van der Waals surface area contributed by atoms with E-state index in [9.17, 15) is 4.79 Å². The molecule has 1 atom stereocenters. The molecule has 5 rings (SSSR count). The van der Waals surface area contributed by atoms with Gasteiger partial charge in [0.2, 0.25) is 0 Å². The lowest BCUT2D eigenvalue weighted by Crippen LogP contribution is -3.13. The number of carbonyl (C=O) groups excluding carboxylic acids is 1. The molecule has 0 radical (unpaired) electrons. The van der Waals surface area contributed by atoms with Crippen molar-refractivity contribution in [3.63, 3.8) is 0 Å². The first kappa shape index (κ1) is 24.8. The predicted octanol–water partition coefficient (Wildman–Crippen LogP) is 6.49. The van der Waals surface area contributed by atoms with Crippen LogP contribution in [-0.4, -0.2) is 19.0 Å². The lowest BCUT2D eigenvalue weighted by molar-refractivity contribution is -0.931. The Bertz CT molecular complexity index is 1290. The molecule has 0 bridgehead atoms. The maximum absolute atomic E-state index is 12.9. The number of carbonyl (C=O) groups is 1. The van der Waals surface area contributed by atoms with Gasteiger partial charge in [0.05, 0.1) is 24.9 Å². The summed E-state index contributed by atoms with van der Waals surface area (Å²) in [7, 11) is 0. The molecule has 6 heteroatoms. The summed E-state index contributed by atoms with van der Waals surface area (Å²) in [5.74, 6) is 0.807. The molecule has 1 aliphatic heterocycles. The molecule has 0 aliphatic carbocycles. The molecule has 3 heterocycles. The zero-order valence-electron chi connectivity index (χ0n) is 20.7. The number of quaternary nitrogens is 1. The molecule has 0 unspecified atom stereocenters. The molecule has 36 heavy (non-hydrogen) atoms. The quantitative estimate of drug-likeness (QED) is 0.293. The number of halogens is 1. The summed E-state index contributed by atoms with van der Waals surface area (Å²) in [5.41, 5.74) is 5.10. The molecule has 4 aromatic rings. The molecule has 1 fully saturated rings. The number of benzene rings is 2. The Morgan fingerprint density at radius 2 is 1.78 bits per heavy atom. The fraction of sp³-hybridized carbons (Fsp3) is 0.300. The molecule has 1 aliphatic rings. The van der Waals surface area contributed by atoms with Crippen LogP contribution in [0, 0.1) is 19.8 Å². The van der Waals surface area contributed by atoms with Crippen molar-refractivity contribution in [3.8, 4) is 0 Å². The van der Waals surface area contributed by atoms with Crippen molar-refractivity contribution in [2.75, 3.05) is 18.4 Å². The Morgan fingerprint density at radius 3 is 2.44 bits per heavy atom. The van der Waals surface area contributed by atoms with Gasteiger partial charge in [-0.1, -0.05) is 54.1 Å². The molecule has 1 saturated heterocycles. The first-order valence-corrected chi connectivity index (χ1v) is 13.8. The zero-order valence-corrected chi connectivity index (χ0v) is 22.3. The minimum absolute atomic E-state index is 0.122. The van der Waals surface area contributed by atoms with Crippen LogP contribution in [-0.2, 0) is 6.42 Å². The van der Waals surface area contributed by atoms with Crippen molar-refractivity contribution < 1.29 is 14.1 Å². The summed E-state index contributed by atoms with van der Waals surface area (Å²) < 4.78 is 5.35. The van der Waals surface area contributed by atoms with Gasteiger partial charge in [0.1, 0.15) is 11.0 Å². The van der Waals surface area contributed by atoms with E-state index in [4.69, 9.17) is 16.0 Å². The van der Waals surface area contributed by atoms with Crippen LogP contribution in [0.2, 0.25) is 5.02 Å². The predicted molar refractivity (Wildman–Crippen MR) is 147 cm³/mol. The standard InChI is InChI=1S/C30H31ClN2O2S/c1-20-21(2)36-30(32-29(34)26-9-6-18-35-26)27(20)28(24-10-12-25(31)13-11-24)33-16-14-23(15-17-33)19-22-7-4-3-5-8-22/h3-13,18,23,28H,14-17,19H2,1-2H3,(H,32,34)/p+1/t28-/m1/s1. The first-order valence-electron chi connectivity index (χ1n) is 12.6. The highest BCUT2D eigenvalue weighted by Crippen LogP contribution is 2.39. The highest BCUT2D eigenvalue weighted by atomic mass is 35.5. The molecule has 2 aromatic heterocycles. The number of rotatable bonds is 7. The molecule has 186 valence electrons. The van der Waals surface area contributed by atoms with Gasteiger partial charge in [-0.05, 0) is 74.4 Å². The minimum atomic E-state index is -0.214. The van der Waals surface area contributed by atoms with Crippen LogP contribution >= 0.6 is 22.9 Å². The third-order valence-electron chi connectivity index (χ3n) is 7.42. The average Bonchev–Trinajstić information content (AvgIpc) is 3.52. The van der Waals surface area contributed by atoms with Gasteiger partial charge in [0.15, 0.2) is 5.76 Å². The number of likely N-dealkylation sites (tertiary alicyclic amines) is 1. The van der Waals surface area contributed by atoms with E-state index >= 15 is 0 Å². The number of hydrogen-bond donors (Lipinski definition) is 2. The van der Waals surface area contributed by atoms with Gasteiger partial charge < -0.3 is 14.6 Å². The van der Waals surface area contributed by atoms with Crippen LogP contribution in [0.1, 0.15) is 56.6 Å². The van der Waals surface area contributed by atoms with Gasteiger partial charge in [-0.2, -0.15) is 0 Å². The number of nitrogens with one attached hydrogen (secondary N) is 2. The Balaban J connectivity index is 1.44. The SMILES string of the molecule is Cc1sc(NC(=O)c2ccco2)c([C@@H](c2ccc(Cl)cc2)[NH+]2CCC(Cc3ccccc3)CC2)c1C. The van der Waals surface area contributed by atoms with Gasteiger partial charge in [-0.3, -0.25) is 4.79 Å². The van der Waals surface area contributed by atoms with Gasteiger partial charge in [-0.15, -0.1) is 11.3 Å². The number of thiophene rings is 1. The smallest absolute Gasteiger partial charge is 0.291 e. The molecule has 0 spiro atoms. The Hall–Kier alpha value is -2.86. The van der Waals surface area contributed by atoms with Crippen molar-refractivity contribution in [1.82, 2.24) is 0 Å². The Labute approximate surface area is 221 Å². The van der Waals surface area contributed by atoms with Crippen molar-refractivity contribution in [3.05, 3.63) is 111 Å². The van der Waals surface area contributed by atoms with E-state index < -0.39 is 0 Å². The van der Waals surface area contributed by atoms with Crippen molar-refractivity contribution in [1.29, 1.82) is 0 Å². The van der Waals surface area contributed by atoms with Crippen LogP contribution in [0.3, 0.4) is 0 Å². The molecule has 4 nitrogen and oxygen atoms in total. The van der Waals surface area contributed by atoms with E-state index in [1.165, 1.54) is 51.1 Å². The van der Waals surface area contributed by atoms with Crippen molar-refractivity contribution >= 4 is 33.8 Å². The number of aryl methyl sites for hydroxylation is 1. The van der Waals surface area contributed by atoms with Crippen molar-refractivity contribution in [2.24, 2.45) is 5.92 Å². The zero-order chi connectivity index (χ0) is 25.1. The maximum atomic E-state index is 12.9. The first-order chi connectivity index (χ1) is 17.5. The summed E-state index contributed by atoms with van der Waals surface area (Å²) in [6, 6.07) is 22.6. The lowest BCUT2D eigenvalue weighted by Gasteiger charge is -2.36. The van der Waals surface area contributed by atoms with Crippen LogP contribution < -0.4 is 10.2 Å². The second kappa shape index (κ2) is 11.0. The number of anilines is 1. The number of piperidine rings is 1. The van der Waals surface area contributed by atoms with Crippen LogP contribution in [0.15, 0.2) is 77.4 Å². The van der Waals surface area contributed by atoms with Gasteiger partial charge in [0, 0.05) is 15.5 Å². The second-order valence-corrected chi connectivity index (χ2v) is 11.4. The Morgan fingerprint density at radius 1 is 1.06 bits per heavy atom. The van der Waals surface area contributed by atoms with Crippen molar-refractivity contribution in [2.45, 2.75) is 39.2 Å². The van der Waals surface area contributed by atoms with E-state index in [1.807, 2.05) is 12.1 Å². The summed E-state index contributed by atoms with van der Waals surface area (Å²) >= 11 is 7.91. The molecule has 2 aromatic carbocycles. The van der Waals surface area contributed by atoms with E-state index in [-0.39, 0.29) is 11.9 Å².